The smallest absolute Gasteiger partial charge is 0.252 e. The van der Waals surface area contributed by atoms with Gasteiger partial charge in [0.1, 0.15) is 17.2 Å². The monoisotopic (exact) mass is 452 g/mol. The molecule has 2 aromatic heterocycles. The van der Waals surface area contributed by atoms with Crippen molar-refractivity contribution in [3.05, 3.63) is 95.9 Å². The predicted molar refractivity (Wildman–Crippen MR) is 132 cm³/mol. The van der Waals surface area contributed by atoms with Gasteiger partial charge in [-0.25, -0.2) is 0 Å². The van der Waals surface area contributed by atoms with E-state index >= 15 is 0 Å². The van der Waals surface area contributed by atoms with Gasteiger partial charge in [0, 0.05) is 11.8 Å². The fraction of sp³-hybridized carbons (Fsp3) is 0.250. The van der Waals surface area contributed by atoms with E-state index in [4.69, 9.17) is 15.6 Å². The predicted octanol–water partition coefficient (Wildman–Crippen LogP) is 5.79. The molecular formula is C28H28N4O2. The molecule has 1 amide bonds. The number of ether oxygens (including phenoxy) is 1. The summed E-state index contributed by atoms with van der Waals surface area (Å²) in [4.78, 5) is 17.3. The number of rotatable bonds is 6. The first-order chi connectivity index (χ1) is 16.6. The molecule has 5 rings (SSSR count). The maximum absolute atomic E-state index is 12.7. The Hall–Kier alpha value is -3.93. The Morgan fingerprint density at radius 1 is 1.00 bits per heavy atom. The molecule has 1 aliphatic heterocycles. The molecule has 1 aliphatic rings. The van der Waals surface area contributed by atoms with E-state index in [-0.39, 0.29) is 6.04 Å². The summed E-state index contributed by atoms with van der Waals surface area (Å²) in [5.74, 6) is 1.51. The minimum atomic E-state index is -0.447. The van der Waals surface area contributed by atoms with Crippen molar-refractivity contribution in [1.29, 1.82) is 0 Å². The van der Waals surface area contributed by atoms with Gasteiger partial charge >= 0.3 is 0 Å². The quantitative estimate of drug-likeness (QED) is 0.401. The number of benzene rings is 2. The third-order valence-electron chi connectivity index (χ3n) is 6.59. The lowest BCUT2D eigenvalue weighted by atomic mass is 9.92. The number of nitrogens with zero attached hydrogens (tertiary/aromatic N) is 3. The van der Waals surface area contributed by atoms with Crippen molar-refractivity contribution in [2.75, 3.05) is 0 Å². The lowest BCUT2D eigenvalue weighted by molar-refractivity contribution is 0.0999. The van der Waals surface area contributed by atoms with Gasteiger partial charge in [-0.2, -0.15) is 5.10 Å². The minimum Gasteiger partial charge on any atom is -0.457 e. The van der Waals surface area contributed by atoms with Crippen LogP contribution < -0.4 is 10.5 Å². The molecule has 2 N–H and O–H groups in total. The fourth-order valence-electron chi connectivity index (χ4n) is 4.78. The van der Waals surface area contributed by atoms with E-state index in [0.29, 0.717) is 22.9 Å². The van der Waals surface area contributed by atoms with Gasteiger partial charge in [0.05, 0.1) is 23.0 Å². The minimum absolute atomic E-state index is 0.0275. The van der Waals surface area contributed by atoms with Crippen molar-refractivity contribution in [3.8, 4) is 22.8 Å². The first-order valence-corrected chi connectivity index (χ1v) is 11.8. The average molecular weight is 453 g/mol. The van der Waals surface area contributed by atoms with Crippen LogP contribution >= 0.6 is 0 Å². The van der Waals surface area contributed by atoms with Crippen LogP contribution in [0.4, 0.5) is 0 Å². The number of para-hydroxylation sites is 1. The second-order valence-corrected chi connectivity index (χ2v) is 8.74. The van der Waals surface area contributed by atoms with Gasteiger partial charge in [0.15, 0.2) is 0 Å². The first kappa shape index (κ1) is 21.9. The Bertz CT molecular complexity index is 1270. The van der Waals surface area contributed by atoms with E-state index in [1.54, 1.807) is 0 Å². The number of fused-ring (bicyclic) bond motifs is 1. The molecule has 6 heteroatoms. The van der Waals surface area contributed by atoms with Gasteiger partial charge in [-0.3, -0.25) is 14.5 Å². The van der Waals surface area contributed by atoms with Crippen molar-refractivity contribution in [2.24, 2.45) is 11.7 Å². The summed E-state index contributed by atoms with van der Waals surface area (Å²) >= 11 is 0. The van der Waals surface area contributed by atoms with E-state index in [2.05, 4.69) is 11.9 Å². The molecule has 0 bridgehead atoms. The zero-order valence-corrected chi connectivity index (χ0v) is 19.2. The zero-order valence-electron chi connectivity index (χ0n) is 19.2. The SMILES string of the molecule is CCC1CCC(c2ccccn2)n2nc(-c3ccc(Oc4ccccc4)cc3)c(C(N)=O)c2C1. The van der Waals surface area contributed by atoms with E-state index < -0.39 is 5.91 Å². The summed E-state index contributed by atoms with van der Waals surface area (Å²) in [7, 11) is 0. The molecule has 34 heavy (non-hydrogen) atoms. The molecule has 0 fully saturated rings. The first-order valence-electron chi connectivity index (χ1n) is 11.8. The van der Waals surface area contributed by atoms with E-state index in [9.17, 15) is 4.79 Å². The van der Waals surface area contributed by atoms with Crippen LogP contribution in [0.5, 0.6) is 11.5 Å². The summed E-state index contributed by atoms with van der Waals surface area (Å²) in [5.41, 5.74) is 9.77. The van der Waals surface area contributed by atoms with Gasteiger partial charge in [0.2, 0.25) is 0 Å². The van der Waals surface area contributed by atoms with Gasteiger partial charge in [-0.15, -0.1) is 0 Å². The van der Waals surface area contributed by atoms with E-state index in [1.165, 1.54) is 0 Å². The number of primary amides is 1. The molecule has 2 unspecified atom stereocenters. The number of hydrogen-bond acceptors (Lipinski definition) is 4. The number of hydrogen-bond donors (Lipinski definition) is 1. The third kappa shape index (κ3) is 4.31. The van der Waals surface area contributed by atoms with E-state index in [1.807, 2.05) is 83.7 Å². The molecule has 6 nitrogen and oxygen atoms in total. The molecule has 2 atom stereocenters. The van der Waals surface area contributed by atoms with Crippen molar-refractivity contribution in [2.45, 2.75) is 38.6 Å². The van der Waals surface area contributed by atoms with Crippen LogP contribution in [-0.4, -0.2) is 20.7 Å². The van der Waals surface area contributed by atoms with Crippen LogP contribution in [0.25, 0.3) is 11.3 Å². The fourth-order valence-corrected chi connectivity index (χ4v) is 4.78. The maximum atomic E-state index is 12.7. The molecule has 2 aromatic carbocycles. The molecule has 0 aliphatic carbocycles. The lowest BCUT2D eigenvalue weighted by Crippen LogP contribution is -2.18. The highest BCUT2D eigenvalue weighted by atomic mass is 16.5. The summed E-state index contributed by atoms with van der Waals surface area (Å²) in [6.07, 6.45) is 5.60. The van der Waals surface area contributed by atoms with Crippen molar-refractivity contribution in [3.63, 3.8) is 0 Å². The van der Waals surface area contributed by atoms with Crippen LogP contribution in [0, 0.1) is 5.92 Å². The molecule has 0 saturated heterocycles. The molecule has 172 valence electrons. The Morgan fingerprint density at radius 3 is 2.41 bits per heavy atom. The van der Waals surface area contributed by atoms with Crippen LogP contribution in [-0.2, 0) is 6.42 Å². The molecule has 0 radical (unpaired) electrons. The molecule has 0 saturated carbocycles. The van der Waals surface area contributed by atoms with E-state index in [0.717, 1.165) is 48.4 Å². The number of amides is 1. The lowest BCUT2D eigenvalue weighted by Gasteiger charge is -2.17. The highest BCUT2D eigenvalue weighted by Gasteiger charge is 2.32. The van der Waals surface area contributed by atoms with Crippen LogP contribution in [0.2, 0.25) is 0 Å². The Balaban J connectivity index is 1.56. The molecule has 0 spiro atoms. The number of carbonyl (C=O) groups excluding carboxylic acids is 1. The average Bonchev–Trinajstić information content (AvgIpc) is 3.14. The Kier molecular flexibility index (Phi) is 6.12. The van der Waals surface area contributed by atoms with Gasteiger partial charge in [0.25, 0.3) is 5.91 Å². The summed E-state index contributed by atoms with van der Waals surface area (Å²) in [6.45, 7) is 2.20. The highest BCUT2D eigenvalue weighted by molar-refractivity contribution is 6.00. The molecule has 4 aromatic rings. The second-order valence-electron chi connectivity index (χ2n) is 8.74. The molecular weight excluding hydrogens is 424 g/mol. The number of nitrogens with two attached hydrogens (primary N) is 1. The second kappa shape index (κ2) is 9.51. The van der Waals surface area contributed by atoms with Crippen molar-refractivity contribution in [1.82, 2.24) is 14.8 Å². The Labute approximate surface area is 199 Å². The highest BCUT2D eigenvalue weighted by Crippen LogP contribution is 2.37. The third-order valence-corrected chi connectivity index (χ3v) is 6.59. The van der Waals surface area contributed by atoms with Crippen LogP contribution in [0.1, 0.15) is 54.0 Å². The normalized spacial score (nSPS) is 17.6. The zero-order chi connectivity index (χ0) is 23.5. The molecule has 3 heterocycles. The summed E-state index contributed by atoms with van der Waals surface area (Å²) in [5, 5.41) is 4.98. The van der Waals surface area contributed by atoms with Crippen LogP contribution in [0.15, 0.2) is 79.0 Å². The topological polar surface area (TPSA) is 83.0 Å². The standard InChI is InChI=1S/C28H28N4O2/c1-2-19-11-16-24(23-10-6-7-17-30-23)32-25(18-19)26(28(29)33)27(31-32)20-12-14-22(15-13-20)34-21-8-4-3-5-9-21/h3-10,12-15,17,19,24H,2,11,16,18H2,1H3,(H2,29,33). The Morgan fingerprint density at radius 2 is 1.74 bits per heavy atom. The largest absolute Gasteiger partial charge is 0.457 e. The van der Waals surface area contributed by atoms with Gasteiger partial charge in [-0.1, -0.05) is 37.6 Å². The number of carbonyl (C=O) groups is 1. The summed E-state index contributed by atoms with van der Waals surface area (Å²) < 4.78 is 7.92. The number of pyridine rings is 1. The van der Waals surface area contributed by atoms with Crippen molar-refractivity contribution < 1.29 is 9.53 Å². The maximum Gasteiger partial charge on any atom is 0.252 e. The van der Waals surface area contributed by atoms with Gasteiger partial charge in [-0.05, 0) is 73.7 Å². The summed E-state index contributed by atoms with van der Waals surface area (Å²) in [6, 6.07) is 23.2. The van der Waals surface area contributed by atoms with Crippen LogP contribution in [0.3, 0.4) is 0 Å². The van der Waals surface area contributed by atoms with Gasteiger partial charge < -0.3 is 10.5 Å². The number of aromatic nitrogens is 3. The van der Waals surface area contributed by atoms with Crippen molar-refractivity contribution >= 4 is 5.91 Å².